The highest BCUT2D eigenvalue weighted by Gasteiger charge is 2.23. The van der Waals surface area contributed by atoms with E-state index in [0.717, 1.165) is 23.9 Å². The first-order chi connectivity index (χ1) is 9.77. The van der Waals surface area contributed by atoms with Crippen molar-refractivity contribution in [2.24, 2.45) is 0 Å². The molecule has 0 bridgehead atoms. The van der Waals surface area contributed by atoms with Gasteiger partial charge in [0.25, 0.3) is 5.91 Å². The van der Waals surface area contributed by atoms with Crippen molar-refractivity contribution in [1.82, 2.24) is 15.2 Å². The third-order valence-corrected chi connectivity index (χ3v) is 3.94. The molecular formula is C16H19N3O. The minimum atomic E-state index is 0.0358. The van der Waals surface area contributed by atoms with Crippen molar-refractivity contribution >= 4 is 16.8 Å². The van der Waals surface area contributed by atoms with Crippen molar-refractivity contribution in [2.75, 3.05) is 13.6 Å². The molecule has 1 unspecified atom stereocenters. The molecule has 4 heteroatoms. The number of hydrogen-bond donors (Lipinski definition) is 1. The van der Waals surface area contributed by atoms with Crippen LogP contribution in [0.2, 0.25) is 0 Å². The summed E-state index contributed by atoms with van der Waals surface area (Å²) in [6, 6.07) is 9.63. The summed E-state index contributed by atoms with van der Waals surface area (Å²) in [6.45, 7) is 0.982. The number of aromatic nitrogens is 1. The van der Waals surface area contributed by atoms with Crippen molar-refractivity contribution in [2.45, 2.75) is 25.4 Å². The van der Waals surface area contributed by atoms with Gasteiger partial charge in [0.1, 0.15) is 0 Å². The molecule has 2 aromatic rings. The van der Waals surface area contributed by atoms with Crippen molar-refractivity contribution in [1.29, 1.82) is 0 Å². The van der Waals surface area contributed by atoms with Crippen LogP contribution in [-0.2, 0) is 0 Å². The lowest BCUT2D eigenvalue weighted by molar-refractivity contribution is 0.0672. The standard InChI is InChI=1S/C16H19N3O/c1-19(14-9-2-3-10-17-14)16(20)13-8-4-6-12-7-5-11-18-15(12)13/h4-8,11,14,17H,2-3,9-10H2,1H3. The summed E-state index contributed by atoms with van der Waals surface area (Å²) >= 11 is 0. The van der Waals surface area contributed by atoms with E-state index < -0.39 is 0 Å². The van der Waals surface area contributed by atoms with E-state index in [-0.39, 0.29) is 12.1 Å². The van der Waals surface area contributed by atoms with Crippen molar-refractivity contribution in [3.05, 3.63) is 42.1 Å². The molecule has 1 amide bonds. The first-order valence-corrected chi connectivity index (χ1v) is 7.11. The van der Waals surface area contributed by atoms with Gasteiger partial charge < -0.3 is 4.90 Å². The van der Waals surface area contributed by atoms with E-state index in [9.17, 15) is 4.79 Å². The van der Waals surface area contributed by atoms with E-state index in [1.807, 2.05) is 42.3 Å². The van der Waals surface area contributed by atoms with E-state index in [0.29, 0.717) is 5.56 Å². The molecule has 104 valence electrons. The second kappa shape index (κ2) is 5.59. The molecule has 0 saturated carbocycles. The van der Waals surface area contributed by atoms with E-state index in [2.05, 4.69) is 10.3 Å². The Hall–Kier alpha value is -1.94. The van der Waals surface area contributed by atoms with Crippen LogP contribution in [0.15, 0.2) is 36.5 Å². The minimum Gasteiger partial charge on any atom is -0.326 e. The molecule has 0 radical (unpaired) electrons. The van der Waals surface area contributed by atoms with E-state index in [1.54, 1.807) is 6.20 Å². The van der Waals surface area contributed by atoms with Crippen LogP contribution in [0, 0.1) is 0 Å². The second-order valence-corrected chi connectivity index (χ2v) is 5.26. The Bertz CT molecular complexity index is 615. The third-order valence-electron chi connectivity index (χ3n) is 3.94. The highest BCUT2D eigenvalue weighted by atomic mass is 16.2. The number of pyridine rings is 1. The number of rotatable bonds is 2. The molecule has 4 nitrogen and oxygen atoms in total. The minimum absolute atomic E-state index is 0.0358. The average Bonchev–Trinajstić information content (AvgIpc) is 2.54. The Morgan fingerprint density at radius 1 is 1.30 bits per heavy atom. The Balaban J connectivity index is 1.92. The Morgan fingerprint density at radius 3 is 2.95 bits per heavy atom. The van der Waals surface area contributed by atoms with Crippen molar-refractivity contribution in [3.8, 4) is 0 Å². The lowest BCUT2D eigenvalue weighted by Gasteiger charge is -2.32. The number of carbonyl (C=O) groups excluding carboxylic acids is 1. The molecule has 1 aromatic heterocycles. The Morgan fingerprint density at radius 2 is 2.15 bits per heavy atom. The molecule has 1 atom stereocenters. The van der Waals surface area contributed by atoms with Gasteiger partial charge in [-0.1, -0.05) is 18.2 Å². The molecule has 0 spiro atoms. The first-order valence-electron chi connectivity index (χ1n) is 7.11. The molecule has 3 rings (SSSR count). The van der Waals surface area contributed by atoms with Crippen LogP contribution in [0.1, 0.15) is 29.6 Å². The van der Waals surface area contributed by atoms with Gasteiger partial charge in [0.15, 0.2) is 0 Å². The number of hydrogen-bond acceptors (Lipinski definition) is 3. The average molecular weight is 269 g/mol. The van der Waals surface area contributed by atoms with Gasteiger partial charge in [-0.2, -0.15) is 0 Å². The topological polar surface area (TPSA) is 45.2 Å². The van der Waals surface area contributed by atoms with E-state index in [1.165, 1.54) is 12.8 Å². The molecule has 2 heterocycles. The Kier molecular flexibility index (Phi) is 3.65. The first kappa shape index (κ1) is 13.1. The van der Waals surface area contributed by atoms with Crippen LogP contribution in [0.4, 0.5) is 0 Å². The fourth-order valence-electron chi connectivity index (χ4n) is 2.77. The number of nitrogens with one attached hydrogen (secondary N) is 1. The second-order valence-electron chi connectivity index (χ2n) is 5.26. The molecule has 1 aliphatic rings. The quantitative estimate of drug-likeness (QED) is 0.910. The summed E-state index contributed by atoms with van der Waals surface area (Å²) in [5, 5.41) is 4.41. The monoisotopic (exact) mass is 269 g/mol. The molecule has 1 aromatic carbocycles. The predicted octanol–water partition coefficient (Wildman–Crippen LogP) is 2.41. The van der Waals surface area contributed by atoms with Gasteiger partial charge in [-0.25, -0.2) is 0 Å². The smallest absolute Gasteiger partial charge is 0.257 e. The van der Waals surface area contributed by atoms with Crippen molar-refractivity contribution in [3.63, 3.8) is 0 Å². The molecule has 1 fully saturated rings. The zero-order valence-corrected chi connectivity index (χ0v) is 11.7. The lowest BCUT2D eigenvalue weighted by atomic mass is 10.1. The van der Waals surface area contributed by atoms with Crippen LogP contribution >= 0.6 is 0 Å². The van der Waals surface area contributed by atoms with Crippen LogP contribution < -0.4 is 5.32 Å². The molecule has 1 saturated heterocycles. The molecule has 1 N–H and O–H groups in total. The van der Waals surface area contributed by atoms with Gasteiger partial charge in [-0.15, -0.1) is 0 Å². The normalized spacial score (nSPS) is 18.9. The number of benzene rings is 1. The third kappa shape index (κ3) is 2.39. The van der Waals surface area contributed by atoms with Gasteiger partial charge in [0, 0.05) is 18.6 Å². The summed E-state index contributed by atoms with van der Waals surface area (Å²) < 4.78 is 0. The van der Waals surface area contributed by atoms with E-state index >= 15 is 0 Å². The molecule has 20 heavy (non-hydrogen) atoms. The number of fused-ring (bicyclic) bond motifs is 1. The summed E-state index contributed by atoms with van der Waals surface area (Å²) in [4.78, 5) is 18.9. The van der Waals surface area contributed by atoms with Crippen LogP contribution in [-0.4, -0.2) is 35.5 Å². The number of para-hydroxylation sites is 1. The van der Waals surface area contributed by atoms with Crippen LogP contribution in [0.5, 0.6) is 0 Å². The highest BCUT2D eigenvalue weighted by molar-refractivity contribution is 6.05. The zero-order valence-electron chi connectivity index (χ0n) is 11.7. The number of amides is 1. The summed E-state index contributed by atoms with van der Waals surface area (Å²) in [5.41, 5.74) is 1.46. The largest absolute Gasteiger partial charge is 0.326 e. The maximum absolute atomic E-state index is 12.7. The number of piperidine rings is 1. The van der Waals surface area contributed by atoms with Crippen LogP contribution in [0.3, 0.4) is 0 Å². The van der Waals surface area contributed by atoms with Gasteiger partial charge in [-0.05, 0) is 37.9 Å². The maximum Gasteiger partial charge on any atom is 0.257 e. The number of nitrogens with zero attached hydrogens (tertiary/aromatic N) is 2. The van der Waals surface area contributed by atoms with Gasteiger partial charge in [0.2, 0.25) is 0 Å². The number of carbonyl (C=O) groups is 1. The summed E-state index contributed by atoms with van der Waals surface area (Å²) in [6.07, 6.45) is 5.24. The maximum atomic E-state index is 12.7. The van der Waals surface area contributed by atoms with Gasteiger partial charge in [0.05, 0.1) is 17.2 Å². The highest BCUT2D eigenvalue weighted by Crippen LogP contribution is 2.19. The molecule has 0 aliphatic carbocycles. The zero-order chi connectivity index (χ0) is 13.9. The predicted molar refractivity (Wildman–Crippen MR) is 79.5 cm³/mol. The fraction of sp³-hybridized carbons (Fsp3) is 0.375. The van der Waals surface area contributed by atoms with Crippen molar-refractivity contribution < 1.29 is 4.79 Å². The molecular weight excluding hydrogens is 250 g/mol. The van der Waals surface area contributed by atoms with Gasteiger partial charge >= 0.3 is 0 Å². The SMILES string of the molecule is CN(C(=O)c1cccc2cccnc12)C1CCCCN1. The summed E-state index contributed by atoms with van der Waals surface area (Å²) in [5.74, 6) is 0.0358. The van der Waals surface area contributed by atoms with Crippen LogP contribution in [0.25, 0.3) is 10.9 Å². The van der Waals surface area contributed by atoms with E-state index in [4.69, 9.17) is 0 Å². The Labute approximate surface area is 118 Å². The van der Waals surface area contributed by atoms with Gasteiger partial charge in [-0.3, -0.25) is 15.1 Å². The molecule has 1 aliphatic heterocycles. The lowest BCUT2D eigenvalue weighted by Crippen LogP contribution is -2.48. The fourth-order valence-corrected chi connectivity index (χ4v) is 2.77. The summed E-state index contributed by atoms with van der Waals surface area (Å²) in [7, 11) is 1.87.